The maximum absolute atomic E-state index is 11.5. The van der Waals surface area contributed by atoms with Crippen molar-refractivity contribution >= 4 is 11.8 Å². The standard InChI is InChI=1S/C11H16N4O3/c12-14-11(17)8-2-6-18-9(8)7-15-4-1-10(16)13-3-5-15/h2,6H,1,3-5,7,12H2,(H,13,16)(H,14,17). The molecular formula is C11H16N4O3. The molecule has 1 aliphatic rings. The lowest BCUT2D eigenvalue weighted by atomic mass is 10.2. The van der Waals surface area contributed by atoms with Crippen LogP contribution < -0.4 is 16.6 Å². The van der Waals surface area contributed by atoms with E-state index in [1.165, 1.54) is 6.26 Å². The monoisotopic (exact) mass is 252 g/mol. The molecule has 2 heterocycles. The van der Waals surface area contributed by atoms with Crippen LogP contribution in [0, 0.1) is 0 Å². The van der Waals surface area contributed by atoms with Crippen LogP contribution in [0.1, 0.15) is 22.5 Å². The molecule has 7 nitrogen and oxygen atoms in total. The molecule has 1 aromatic rings. The fourth-order valence-corrected chi connectivity index (χ4v) is 1.92. The van der Waals surface area contributed by atoms with Gasteiger partial charge in [0.1, 0.15) is 5.76 Å². The Hall–Kier alpha value is -1.86. The zero-order valence-electron chi connectivity index (χ0n) is 9.94. The third-order valence-corrected chi connectivity index (χ3v) is 2.89. The third-order valence-electron chi connectivity index (χ3n) is 2.89. The predicted octanol–water partition coefficient (Wildman–Crippen LogP) is -0.795. The van der Waals surface area contributed by atoms with Crippen molar-refractivity contribution in [1.82, 2.24) is 15.6 Å². The van der Waals surface area contributed by atoms with Crippen molar-refractivity contribution < 1.29 is 14.0 Å². The number of nitrogen functional groups attached to an aromatic ring is 1. The minimum atomic E-state index is -0.372. The molecule has 7 heteroatoms. The molecule has 0 saturated carbocycles. The summed E-state index contributed by atoms with van der Waals surface area (Å²) in [7, 11) is 0. The second-order valence-corrected chi connectivity index (χ2v) is 4.11. The molecule has 0 atom stereocenters. The van der Waals surface area contributed by atoms with Crippen molar-refractivity contribution in [3.05, 3.63) is 23.7 Å². The average Bonchev–Trinajstić information content (AvgIpc) is 2.73. The number of hydrogen-bond acceptors (Lipinski definition) is 5. The molecule has 2 amide bonds. The number of nitrogens with zero attached hydrogens (tertiary/aromatic N) is 1. The highest BCUT2D eigenvalue weighted by molar-refractivity contribution is 5.94. The summed E-state index contributed by atoms with van der Waals surface area (Å²) in [5, 5.41) is 2.79. The van der Waals surface area contributed by atoms with Gasteiger partial charge in [0.25, 0.3) is 5.91 Å². The van der Waals surface area contributed by atoms with E-state index in [1.54, 1.807) is 6.07 Å². The Morgan fingerprint density at radius 3 is 3.17 bits per heavy atom. The lowest BCUT2D eigenvalue weighted by Crippen LogP contribution is -2.32. The number of rotatable bonds is 3. The molecule has 0 bridgehead atoms. The molecule has 0 radical (unpaired) electrons. The van der Waals surface area contributed by atoms with E-state index in [0.717, 1.165) is 6.54 Å². The molecule has 2 rings (SSSR count). The lowest BCUT2D eigenvalue weighted by molar-refractivity contribution is -0.120. The Balaban J connectivity index is 2.02. The molecule has 1 saturated heterocycles. The normalized spacial score (nSPS) is 17.1. The van der Waals surface area contributed by atoms with Crippen molar-refractivity contribution in [3.63, 3.8) is 0 Å². The summed E-state index contributed by atoms with van der Waals surface area (Å²) < 4.78 is 5.29. The van der Waals surface area contributed by atoms with Gasteiger partial charge in [0.05, 0.1) is 18.4 Å². The van der Waals surface area contributed by atoms with E-state index in [9.17, 15) is 9.59 Å². The number of carbonyl (C=O) groups excluding carboxylic acids is 2. The van der Waals surface area contributed by atoms with Crippen LogP contribution in [0.5, 0.6) is 0 Å². The summed E-state index contributed by atoms with van der Waals surface area (Å²) >= 11 is 0. The molecule has 0 unspecified atom stereocenters. The Morgan fingerprint density at radius 2 is 2.39 bits per heavy atom. The Bertz CT molecular complexity index is 443. The minimum absolute atomic E-state index is 0.0527. The van der Waals surface area contributed by atoms with Gasteiger partial charge in [0.2, 0.25) is 5.91 Å². The van der Waals surface area contributed by atoms with Gasteiger partial charge >= 0.3 is 0 Å². The first-order chi connectivity index (χ1) is 8.70. The largest absolute Gasteiger partial charge is 0.467 e. The first-order valence-corrected chi connectivity index (χ1v) is 5.77. The Morgan fingerprint density at radius 1 is 1.56 bits per heavy atom. The zero-order valence-corrected chi connectivity index (χ0v) is 9.94. The average molecular weight is 252 g/mol. The maximum Gasteiger partial charge on any atom is 0.268 e. The highest BCUT2D eigenvalue weighted by atomic mass is 16.3. The van der Waals surface area contributed by atoms with Crippen LogP contribution in [0.15, 0.2) is 16.7 Å². The lowest BCUT2D eigenvalue weighted by Gasteiger charge is -2.17. The predicted molar refractivity (Wildman–Crippen MR) is 63.3 cm³/mol. The quantitative estimate of drug-likeness (QED) is 0.371. The Labute approximate surface area is 104 Å². The van der Waals surface area contributed by atoms with Gasteiger partial charge in [-0.05, 0) is 6.07 Å². The highest BCUT2D eigenvalue weighted by Crippen LogP contribution is 2.13. The Kier molecular flexibility index (Phi) is 3.96. The summed E-state index contributed by atoms with van der Waals surface area (Å²) in [6, 6.07) is 1.58. The SMILES string of the molecule is NNC(=O)c1ccoc1CN1CCNC(=O)CC1. The first kappa shape index (κ1) is 12.6. The third kappa shape index (κ3) is 2.88. The molecular weight excluding hydrogens is 236 g/mol. The van der Waals surface area contributed by atoms with Gasteiger partial charge in [0, 0.05) is 26.1 Å². The van der Waals surface area contributed by atoms with Gasteiger partial charge < -0.3 is 9.73 Å². The number of amides is 2. The van der Waals surface area contributed by atoms with E-state index in [2.05, 4.69) is 15.6 Å². The molecule has 1 fully saturated rings. The van der Waals surface area contributed by atoms with E-state index >= 15 is 0 Å². The molecule has 98 valence electrons. The molecule has 0 aromatic carbocycles. The minimum Gasteiger partial charge on any atom is -0.467 e. The van der Waals surface area contributed by atoms with Crippen molar-refractivity contribution in [1.29, 1.82) is 0 Å². The summed E-state index contributed by atoms with van der Waals surface area (Å²) in [5.74, 6) is 5.34. The maximum atomic E-state index is 11.5. The number of carbonyl (C=O) groups is 2. The van der Waals surface area contributed by atoms with Gasteiger partial charge in [-0.2, -0.15) is 0 Å². The van der Waals surface area contributed by atoms with Crippen molar-refractivity contribution in [2.75, 3.05) is 19.6 Å². The van der Waals surface area contributed by atoms with E-state index in [0.29, 0.717) is 37.4 Å². The fraction of sp³-hybridized carbons (Fsp3) is 0.455. The van der Waals surface area contributed by atoms with E-state index in [-0.39, 0.29) is 11.8 Å². The van der Waals surface area contributed by atoms with Crippen LogP contribution >= 0.6 is 0 Å². The number of hydrogen-bond donors (Lipinski definition) is 3. The van der Waals surface area contributed by atoms with Gasteiger partial charge in [-0.1, -0.05) is 0 Å². The summed E-state index contributed by atoms with van der Waals surface area (Å²) in [6.07, 6.45) is 1.92. The molecule has 4 N–H and O–H groups in total. The number of nitrogens with two attached hydrogens (primary N) is 1. The number of hydrazine groups is 1. The molecule has 0 spiro atoms. The van der Waals surface area contributed by atoms with E-state index < -0.39 is 0 Å². The second kappa shape index (κ2) is 5.65. The second-order valence-electron chi connectivity index (χ2n) is 4.11. The molecule has 1 aromatic heterocycles. The van der Waals surface area contributed by atoms with Crippen LogP contribution in [0.4, 0.5) is 0 Å². The van der Waals surface area contributed by atoms with Crippen molar-refractivity contribution in [3.8, 4) is 0 Å². The molecule has 0 aliphatic carbocycles. The fourth-order valence-electron chi connectivity index (χ4n) is 1.92. The van der Waals surface area contributed by atoms with Gasteiger partial charge in [-0.25, -0.2) is 5.84 Å². The number of furan rings is 1. The summed E-state index contributed by atoms with van der Waals surface area (Å²) in [6.45, 7) is 2.48. The topological polar surface area (TPSA) is 101 Å². The van der Waals surface area contributed by atoms with Crippen LogP contribution in [0.3, 0.4) is 0 Å². The van der Waals surface area contributed by atoms with Gasteiger partial charge in [-0.3, -0.25) is 19.9 Å². The zero-order chi connectivity index (χ0) is 13.0. The van der Waals surface area contributed by atoms with Crippen molar-refractivity contribution in [2.24, 2.45) is 5.84 Å². The van der Waals surface area contributed by atoms with E-state index in [4.69, 9.17) is 10.3 Å². The van der Waals surface area contributed by atoms with Crippen LogP contribution in [-0.2, 0) is 11.3 Å². The molecule has 18 heavy (non-hydrogen) atoms. The van der Waals surface area contributed by atoms with Crippen LogP contribution in [0.2, 0.25) is 0 Å². The smallest absolute Gasteiger partial charge is 0.268 e. The summed E-state index contributed by atoms with van der Waals surface area (Å²) in [4.78, 5) is 24.7. The molecule has 1 aliphatic heterocycles. The van der Waals surface area contributed by atoms with Crippen molar-refractivity contribution in [2.45, 2.75) is 13.0 Å². The highest BCUT2D eigenvalue weighted by Gasteiger charge is 2.19. The van der Waals surface area contributed by atoms with Crippen LogP contribution in [0.25, 0.3) is 0 Å². The van der Waals surface area contributed by atoms with Gasteiger partial charge in [0.15, 0.2) is 0 Å². The first-order valence-electron chi connectivity index (χ1n) is 5.77. The number of nitrogens with one attached hydrogen (secondary N) is 2. The summed E-state index contributed by atoms with van der Waals surface area (Å²) in [5.41, 5.74) is 2.51. The van der Waals surface area contributed by atoms with Crippen LogP contribution in [-0.4, -0.2) is 36.3 Å². The van der Waals surface area contributed by atoms with Gasteiger partial charge in [-0.15, -0.1) is 0 Å². The van der Waals surface area contributed by atoms with E-state index in [1.807, 2.05) is 0 Å².